The predicted molar refractivity (Wildman–Crippen MR) is 78.9 cm³/mol. The number of hydrogen-bond acceptors (Lipinski definition) is 4. The molecule has 2 aromatic rings. The van der Waals surface area contributed by atoms with Crippen molar-refractivity contribution in [1.82, 2.24) is 5.43 Å². The number of ether oxygens (including phenoxy) is 1. The molecule has 0 saturated carbocycles. The Hall–Kier alpha value is -0.880. The summed E-state index contributed by atoms with van der Waals surface area (Å²) in [5, 5.41) is 2.08. The Morgan fingerprint density at radius 1 is 1.39 bits per heavy atom. The van der Waals surface area contributed by atoms with Gasteiger partial charge in [-0.2, -0.15) is 0 Å². The second-order valence-electron chi connectivity index (χ2n) is 3.96. The van der Waals surface area contributed by atoms with E-state index in [4.69, 9.17) is 10.6 Å². The first-order valence-corrected chi connectivity index (χ1v) is 7.18. The quantitative estimate of drug-likeness (QED) is 0.668. The molecule has 0 bridgehead atoms. The molecule has 5 heteroatoms. The Morgan fingerprint density at radius 3 is 2.67 bits per heavy atom. The predicted octanol–water partition coefficient (Wildman–Crippen LogP) is 3.38. The van der Waals surface area contributed by atoms with Crippen LogP contribution in [0, 0.1) is 6.92 Å². The van der Waals surface area contributed by atoms with E-state index in [2.05, 4.69) is 39.7 Å². The lowest BCUT2D eigenvalue weighted by atomic mass is 10.0. The molecule has 0 spiro atoms. The van der Waals surface area contributed by atoms with Crippen LogP contribution in [0.1, 0.15) is 22.0 Å². The van der Waals surface area contributed by atoms with Crippen molar-refractivity contribution in [2.45, 2.75) is 13.0 Å². The van der Waals surface area contributed by atoms with Gasteiger partial charge in [0.1, 0.15) is 5.75 Å². The number of nitrogens with two attached hydrogens (primary N) is 1. The fraction of sp³-hybridized carbons (Fsp3) is 0.231. The lowest BCUT2D eigenvalue weighted by Crippen LogP contribution is -2.28. The standard InChI is InChI=1S/C13H15BrN2OS/c1-8-5-6-18-13(8)12(16-15)9-3-4-11(17-2)10(14)7-9/h3-7,12,16H,15H2,1-2H3. The Bertz CT molecular complexity index is 542. The van der Waals surface area contributed by atoms with Gasteiger partial charge in [0.2, 0.25) is 0 Å². The van der Waals surface area contributed by atoms with Crippen LogP contribution < -0.4 is 16.0 Å². The summed E-state index contributed by atoms with van der Waals surface area (Å²) in [4.78, 5) is 1.23. The molecule has 1 aromatic carbocycles. The van der Waals surface area contributed by atoms with Crippen LogP contribution in [0.5, 0.6) is 5.75 Å². The largest absolute Gasteiger partial charge is 0.496 e. The lowest BCUT2D eigenvalue weighted by Gasteiger charge is -2.17. The Balaban J connectivity index is 2.40. The summed E-state index contributed by atoms with van der Waals surface area (Å²) in [6, 6.07) is 8.10. The number of aryl methyl sites for hydroxylation is 1. The van der Waals surface area contributed by atoms with Crippen LogP contribution in [0.4, 0.5) is 0 Å². The maximum Gasteiger partial charge on any atom is 0.133 e. The molecule has 1 heterocycles. The van der Waals surface area contributed by atoms with Gasteiger partial charge < -0.3 is 4.74 Å². The number of hydrogen-bond donors (Lipinski definition) is 2. The molecule has 0 amide bonds. The Kier molecular flexibility index (Phi) is 4.40. The monoisotopic (exact) mass is 326 g/mol. The summed E-state index contributed by atoms with van der Waals surface area (Å²) in [5.41, 5.74) is 5.23. The second kappa shape index (κ2) is 5.84. The van der Waals surface area contributed by atoms with E-state index in [0.717, 1.165) is 15.8 Å². The van der Waals surface area contributed by atoms with Gasteiger partial charge >= 0.3 is 0 Å². The molecule has 0 radical (unpaired) electrons. The lowest BCUT2D eigenvalue weighted by molar-refractivity contribution is 0.412. The molecule has 18 heavy (non-hydrogen) atoms. The summed E-state index contributed by atoms with van der Waals surface area (Å²) in [6.07, 6.45) is 0. The molecule has 3 N–H and O–H groups in total. The number of benzene rings is 1. The van der Waals surface area contributed by atoms with E-state index in [9.17, 15) is 0 Å². The number of halogens is 1. The maximum atomic E-state index is 5.70. The molecule has 0 saturated heterocycles. The molecule has 0 fully saturated rings. The van der Waals surface area contributed by atoms with Crippen molar-refractivity contribution in [3.8, 4) is 5.75 Å². The molecule has 1 unspecified atom stereocenters. The van der Waals surface area contributed by atoms with Crippen molar-refractivity contribution in [2.24, 2.45) is 5.84 Å². The van der Waals surface area contributed by atoms with Crippen LogP contribution in [0.25, 0.3) is 0 Å². The van der Waals surface area contributed by atoms with Gasteiger partial charge in [-0.3, -0.25) is 5.84 Å². The Morgan fingerprint density at radius 2 is 2.17 bits per heavy atom. The Labute approximate surface area is 119 Å². The number of nitrogens with one attached hydrogen (secondary N) is 1. The summed E-state index contributed by atoms with van der Waals surface area (Å²) >= 11 is 5.20. The molecular weight excluding hydrogens is 312 g/mol. The van der Waals surface area contributed by atoms with Gasteiger partial charge in [-0.05, 0) is 57.6 Å². The van der Waals surface area contributed by atoms with Crippen molar-refractivity contribution in [2.75, 3.05) is 7.11 Å². The van der Waals surface area contributed by atoms with Crippen molar-refractivity contribution in [1.29, 1.82) is 0 Å². The average molecular weight is 327 g/mol. The maximum absolute atomic E-state index is 5.70. The second-order valence-corrected chi connectivity index (χ2v) is 5.76. The van der Waals surface area contributed by atoms with Crippen molar-refractivity contribution < 1.29 is 4.74 Å². The SMILES string of the molecule is COc1ccc(C(NN)c2sccc2C)cc1Br. The minimum atomic E-state index is 0.00667. The van der Waals surface area contributed by atoms with Gasteiger partial charge in [-0.15, -0.1) is 11.3 Å². The fourth-order valence-corrected chi connectivity index (χ4v) is 3.44. The zero-order chi connectivity index (χ0) is 13.1. The van der Waals surface area contributed by atoms with Gasteiger partial charge in [-0.1, -0.05) is 6.07 Å². The third-order valence-corrected chi connectivity index (χ3v) is 4.54. The summed E-state index contributed by atoms with van der Waals surface area (Å²) in [5.74, 6) is 6.51. The van der Waals surface area contributed by atoms with Crippen molar-refractivity contribution >= 4 is 27.3 Å². The highest BCUT2D eigenvalue weighted by Gasteiger charge is 2.17. The molecule has 1 atom stereocenters. The smallest absolute Gasteiger partial charge is 0.133 e. The van der Waals surface area contributed by atoms with Gasteiger partial charge in [-0.25, -0.2) is 5.43 Å². The minimum absolute atomic E-state index is 0.00667. The highest BCUT2D eigenvalue weighted by atomic mass is 79.9. The topological polar surface area (TPSA) is 47.3 Å². The molecule has 3 nitrogen and oxygen atoms in total. The first-order valence-electron chi connectivity index (χ1n) is 5.51. The average Bonchev–Trinajstić information content (AvgIpc) is 2.77. The van der Waals surface area contributed by atoms with Gasteiger partial charge in [0, 0.05) is 4.88 Å². The minimum Gasteiger partial charge on any atom is -0.496 e. The molecule has 1 aromatic heterocycles. The molecular formula is C13H15BrN2OS. The molecule has 0 aliphatic carbocycles. The molecule has 2 rings (SSSR count). The fourth-order valence-electron chi connectivity index (χ4n) is 1.87. The van der Waals surface area contributed by atoms with Crippen LogP contribution >= 0.6 is 27.3 Å². The van der Waals surface area contributed by atoms with E-state index in [1.807, 2.05) is 18.2 Å². The van der Waals surface area contributed by atoms with E-state index in [1.165, 1.54) is 10.4 Å². The van der Waals surface area contributed by atoms with E-state index >= 15 is 0 Å². The highest BCUT2D eigenvalue weighted by Crippen LogP contribution is 2.33. The van der Waals surface area contributed by atoms with Crippen LogP contribution in [0.2, 0.25) is 0 Å². The van der Waals surface area contributed by atoms with Crippen LogP contribution in [0.15, 0.2) is 34.1 Å². The van der Waals surface area contributed by atoms with Crippen LogP contribution in [-0.4, -0.2) is 7.11 Å². The van der Waals surface area contributed by atoms with Gasteiger partial charge in [0.15, 0.2) is 0 Å². The van der Waals surface area contributed by atoms with Gasteiger partial charge in [0.25, 0.3) is 0 Å². The third-order valence-electron chi connectivity index (χ3n) is 2.84. The van der Waals surface area contributed by atoms with Crippen LogP contribution in [-0.2, 0) is 0 Å². The van der Waals surface area contributed by atoms with E-state index in [0.29, 0.717) is 0 Å². The summed E-state index contributed by atoms with van der Waals surface area (Å²) in [7, 11) is 1.65. The first kappa shape index (κ1) is 13.5. The third kappa shape index (κ3) is 2.59. The summed E-state index contributed by atoms with van der Waals surface area (Å²) < 4.78 is 6.16. The first-order chi connectivity index (χ1) is 8.67. The van der Waals surface area contributed by atoms with E-state index < -0.39 is 0 Å². The van der Waals surface area contributed by atoms with Crippen LogP contribution in [0.3, 0.4) is 0 Å². The van der Waals surface area contributed by atoms with Crippen molar-refractivity contribution in [3.63, 3.8) is 0 Å². The molecule has 0 aliphatic heterocycles. The molecule has 0 aliphatic rings. The number of methoxy groups -OCH3 is 1. The van der Waals surface area contributed by atoms with E-state index in [1.54, 1.807) is 18.4 Å². The van der Waals surface area contributed by atoms with E-state index in [-0.39, 0.29) is 6.04 Å². The van der Waals surface area contributed by atoms with Gasteiger partial charge in [0.05, 0.1) is 17.6 Å². The number of thiophene rings is 1. The molecule has 96 valence electrons. The number of hydrazine groups is 1. The highest BCUT2D eigenvalue weighted by molar-refractivity contribution is 9.10. The zero-order valence-corrected chi connectivity index (χ0v) is 12.6. The normalized spacial score (nSPS) is 12.4. The summed E-state index contributed by atoms with van der Waals surface area (Å²) in [6.45, 7) is 2.09. The van der Waals surface area contributed by atoms with Crippen molar-refractivity contribution in [3.05, 3.63) is 50.1 Å². The zero-order valence-electron chi connectivity index (χ0n) is 10.2. The number of rotatable bonds is 4.